The van der Waals surface area contributed by atoms with Crippen molar-refractivity contribution in [1.29, 1.82) is 0 Å². The number of esters is 1. The van der Waals surface area contributed by atoms with Crippen LogP contribution in [0.15, 0.2) is 18.2 Å². The van der Waals surface area contributed by atoms with E-state index in [9.17, 15) is 20.1 Å². The third-order valence-corrected chi connectivity index (χ3v) is 4.56. The van der Waals surface area contributed by atoms with Crippen LogP contribution in [-0.2, 0) is 14.3 Å². The van der Waals surface area contributed by atoms with E-state index >= 15 is 0 Å². The van der Waals surface area contributed by atoms with Crippen LogP contribution in [-0.4, -0.2) is 59.1 Å². The Balaban J connectivity index is 2.38. The summed E-state index contributed by atoms with van der Waals surface area (Å²) in [6.07, 6.45) is -7.51. The Bertz CT molecular complexity index is 602. The molecule has 0 bridgehead atoms. The largest absolute Gasteiger partial charge is 0.467 e. The number of para-hydroxylation sites is 1. The van der Waals surface area contributed by atoms with Crippen LogP contribution < -0.4 is 4.74 Å². The maximum absolute atomic E-state index is 11.8. The fourth-order valence-corrected chi connectivity index (χ4v) is 2.99. The number of carbonyl (C=O) groups is 1. The van der Waals surface area contributed by atoms with Crippen LogP contribution in [0.5, 0.6) is 5.75 Å². The van der Waals surface area contributed by atoms with Crippen LogP contribution >= 0.6 is 0 Å². The van der Waals surface area contributed by atoms with E-state index in [0.717, 1.165) is 18.2 Å². The Labute approximate surface area is 153 Å². The van der Waals surface area contributed by atoms with Gasteiger partial charge in [-0.1, -0.05) is 45.9 Å². The van der Waals surface area contributed by atoms with Crippen LogP contribution in [0.2, 0.25) is 0 Å². The highest BCUT2D eigenvalue weighted by Gasteiger charge is 2.48. The third-order valence-electron chi connectivity index (χ3n) is 4.56. The van der Waals surface area contributed by atoms with Crippen LogP contribution in [0, 0.1) is 0 Å². The molecule has 2 rings (SSSR count). The van der Waals surface area contributed by atoms with E-state index in [1.165, 1.54) is 0 Å². The summed E-state index contributed by atoms with van der Waals surface area (Å²) in [4.78, 5) is 11.8. The van der Waals surface area contributed by atoms with E-state index in [4.69, 9.17) is 9.47 Å². The molecule has 5 atom stereocenters. The Morgan fingerprint density at radius 3 is 2.00 bits per heavy atom. The monoisotopic (exact) mass is 368 g/mol. The third kappa shape index (κ3) is 4.01. The standard InChI is InChI=1S/C19H28O7/c1-9(2)11-7-6-8-12(10(3)4)16(11)25-19-15(22)13(20)14(21)17(26-19)18(23)24-5/h6-10,13-15,17,19-22H,1-5H3. The minimum absolute atomic E-state index is 0.149. The van der Waals surface area contributed by atoms with Crippen LogP contribution in [0.25, 0.3) is 0 Å². The lowest BCUT2D eigenvalue weighted by atomic mass is 9.93. The number of hydrogen-bond acceptors (Lipinski definition) is 7. The first-order chi connectivity index (χ1) is 12.2. The van der Waals surface area contributed by atoms with Crippen molar-refractivity contribution in [3.63, 3.8) is 0 Å². The number of ether oxygens (including phenoxy) is 3. The molecule has 0 aliphatic carbocycles. The van der Waals surface area contributed by atoms with Gasteiger partial charge in [0.1, 0.15) is 24.1 Å². The smallest absolute Gasteiger partial charge is 0.337 e. The minimum atomic E-state index is -1.61. The number of carbonyl (C=O) groups excluding carboxylic acids is 1. The number of rotatable bonds is 5. The second-order valence-electron chi connectivity index (χ2n) is 7.11. The van der Waals surface area contributed by atoms with E-state index in [-0.39, 0.29) is 11.8 Å². The molecule has 3 N–H and O–H groups in total. The fourth-order valence-electron chi connectivity index (χ4n) is 2.99. The van der Waals surface area contributed by atoms with Crippen molar-refractivity contribution >= 4 is 5.97 Å². The molecular formula is C19H28O7. The molecule has 0 spiro atoms. The molecule has 1 aliphatic rings. The number of aliphatic hydroxyl groups excluding tert-OH is 3. The topological polar surface area (TPSA) is 105 Å². The average molecular weight is 368 g/mol. The van der Waals surface area contributed by atoms with Crippen LogP contribution in [0.4, 0.5) is 0 Å². The Kier molecular flexibility index (Phi) is 6.63. The van der Waals surface area contributed by atoms with Crippen molar-refractivity contribution in [2.75, 3.05) is 7.11 Å². The van der Waals surface area contributed by atoms with Crippen molar-refractivity contribution in [2.45, 2.75) is 70.2 Å². The molecule has 1 heterocycles. The predicted octanol–water partition coefficient (Wildman–Crippen LogP) is 1.29. The van der Waals surface area contributed by atoms with Gasteiger partial charge in [-0.05, 0) is 23.0 Å². The molecule has 1 fully saturated rings. The number of aliphatic hydroxyl groups is 3. The van der Waals surface area contributed by atoms with Crippen molar-refractivity contribution in [3.8, 4) is 5.75 Å². The van der Waals surface area contributed by atoms with Gasteiger partial charge in [0, 0.05) is 0 Å². The zero-order valence-electron chi connectivity index (χ0n) is 15.7. The average Bonchev–Trinajstić information content (AvgIpc) is 2.61. The number of methoxy groups -OCH3 is 1. The van der Waals surface area contributed by atoms with E-state index in [1.807, 2.05) is 45.9 Å². The first-order valence-corrected chi connectivity index (χ1v) is 8.76. The Hall–Kier alpha value is -1.67. The lowest BCUT2D eigenvalue weighted by Gasteiger charge is -2.39. The van der Waals surface area contributed by atoms with Gasteiger partial charge in [-0.3, -0.25) is 0 Å². The zero-order chi connectivity index (χ0) is 19.6. The van der Waals surface area contributed by atoms with E-state index in [1.54, 1.807) is 0 Å². The van der Waals surface area contributed by atoms with Gasteiger partial charge < -0.3 is 29.5 Å². The quantitative estimate of drug-likeness (QED) is 0.673. The molecule has 5 unspecified atom stereocenters. The van der Waals surface area contributed by atoms with E-state index < -0.39 is 36.7 Å². The van der Waals surface area contributed by atoms with Gasteiger partial charge in [0.2, 0.25) is 6.29 Å². The maximum atomic E-state index is 11.8. The predicted molar refractivity (Wildman–Crippen MR) is 93.9 cm³/mol. The zero-order valence-corrected chi connectivity index (χ0v) is 15.7. The lowest BCUT2D eigenvalue weighted by Crippen LogP contribution is -2.61. The minimum Gasteiger partial charge on any atom is -0.467 e. The van der Waals surface area contributed by atoms with Crippen molar-refractivity contribution < 1.29 is 34.3 Å². The lowest BCUT2D eigenvalue weighted by molar-refractivity contribution is -0.272. The van der Waals surface area contributed by atoms with Crippen LogP contribution in [0.1, 0.15) is 50.7 Å². The molecule has 1 saturated heterocycles. The van der Waals surface area contributed by atoms with Gasteiger partial charge in [-0.15, -0.1) is 0 Å². The maximum Gasteiger partial charge on any atom is 0.337 e. The molecular weight excluding hydrogens is 340 g/mol. The van der Waals surface area contributed by atoms with E-state index in [2.05, 4.69) is 4.74 Å². The second-order valence-corrected chi connectivity index (χ2v) is 7.11. The van der Waals surface area contributed by atoms with E-state index in [0.29, 0.717) is 5.75 Å². The van der Waals surface area contributed by atoms with Gasteiger partial charge >= 0.3 is 5.97 Å². The summed E-state index contributed by atoms with van der Waals surface area (Å²) in [7, 11) is 1.15. The first kappa shape index (κ1) is 20.6. The summed E-state index contributed by atoms with van der Waals surface area (Å²) in [6, 6.07) is 5.78. The highest BCUT2D eigenvalue weighted by molar-refractivity contribution is 5.75. The molecule has 0 aromatic heterocycles. The number of hydrogen-bond donors (Lipinski definition) is 3. The highest BCUT2D eigenvalue weighted by atomic mass is 16.7. The van der Waals surface area contributed by atoms with Gasteiger partial charge in [-0.25, -0.2) is 4.79 Å². The van der Waals surface area contributed by atoms with Gasteiger partial charge in [-0.2, -0.15) is 0 Å². The number of benzene rings is 1. The SMILES string of the molecule is COC(=O)C1OC(Oc2c(C(C)C)cccc2C(C)C)C(O)C(O)C1O. The summed E-state index contributed by atoms with van der Waals surface area (Å²) in [5, 5.41) is 30.4. The molecule has 0 amide bonds. The molecule has 7 nitrogen and oxygen atoms in total. The summed E-state index contributed by atoms with van der Waals surface area (Å²) in [5.41, 5.74) is 1.84. The molecule has 146 valence electrons. The van der Waals surface area contributed by atoms with Gasteiger partial charge in [0.15, 0.2) is 6.10 Å². The van der Waals surface area contributed by atoms with Gasteiger partial charge in [0.05, 0.1) is 7.11 Å². The normalized spacial score (nSPS) is 29.1. The molecule has 1 aliphatic heterocycles. The summed E-state index contributed by atoms with van der Waals surface area (Å²) in [6.45, 7) is 8.06. The Morgan fingerprint density at radius 2 is 1.54 bits per heavy atom. The second kappa shape index (κ2) is 8.35. The summed E-state index contributed by atoms with van der Waals surface area (Å²) >= 11 is 0. The first-order valence-electron chi connectivity index (χ1n) is 8.76. The van der Waals surface area contributed by atoms with Crippen LogP contribution in [0.3, 0.4) is 0 Å². The summed E-state index contributed by atoms with van der Waals surface area (Å²) in [5.74, 6) is -0.000245. The van der Waals surface area contributed by atoms with Crippen molar-refractivity contribution in [2.24, 2.45) is 0 Å². The molecule has 1 aromatic carbocycles. The highest BCUT2D eigenvalue weighted by Crippen LogP contribution is 2.36. The molecule has 0 saturated carbocycles. The molecule has 26 heavy (non-hydrogen) atoms. The molecule has 0 radical (unpaired) electrons. The summed E-state index contributed by atoms with van der Waals surface area (Å²) < 4.78 is 16.0. The molecule has 1 aromatic rings. The van der Waals surface area contributed by atoms with Crippen molar-refractivity contribution in [3.05, 3.63) is 29.3 Å². The van der Waals surface area contributed by atoms with Crippen molar-refractivity contribution in [1.82, 2.24) is 0 Å². The molecule has 7 heteroatoms. The Morgan fingerprint density at radius 1 is 1.00 bits per heavy atom. The van der Waals surface area contributed by atoms with Gasteiger partial charge in [0.25, 0.3) is 0 Å². The fraction of sp³-hybridized carbons (Fsp3) is 0.632.